The Bertz CT molecular complexity index is 2830. The first-order valence-electron chi connectivity index (χ1n) is 26.9. The van der Waals surface area contributed by atoms with E-state index in [1.54, 1.807) is 38.3 Å². The minimum atomic E-state index is -1.23. The number of fused-ring (bicyclic) bond motifs is 6. The summed E-state index contributed by atoms with van der Waals surface area (Å²) in [6, 6.07) is 12.6. The van der Waals surface area contributed by atoms with Crippen LogP contribution in [0.15, 0.2) is 62.4 Å². The molecule has 0 spiro atoms. The molecule has 0 bridgehead atoms. The van der Waals surface area contributed by atoms with Gasteiger partial charge in [0.1, 0.15) is 22.8 Å². The number of carboxylic acids is 1. The van der Waals surface area contributed by atoms with E-state index in [0.29, 0.717) is 77.4 Å². The molecule has 2 atom stereocenters. The van der Waals surface area contributed by atoms with Crippen molar-refractivity contribution in [1.29, 1.82) is 0 Å². The molecule has 3 aromatic carbocycles. The van der Waals surface area contributed by atoms with Gasteiger partial charge in [0.2, 0.25) is 0 Å². The van der Waals surface area contributed by atoms with Gasteiger partial charge in [-0.05, 0) is 153 Å². The Kier molecular flexibility index (Phi) is 33.1. The first kappa shape index (κ1) is 77.4. The molecule has 0 saturated carbocycles. The van der Waals surface area contributed by atoms with Crippen LogP contribution in [0.4, 0.5) is 0 Å². The first-order valence-corrected chi connectivity index (χ1v) is 30.7. The molecule has 2 unspecified atom stereocenters. The number of hydrogen-bond acceptors (Lipinski definition) is 13. The average Bonchev–Trinajstić information content (AvgIpc) is 2.47. The van der Waals surface area contributed by atoms with Crippen LogP contribution in [0, 0.1) is 15.2 Å². The zero-order valence-electron chi connectivity index (χ0n) is 50.0. The monoisotopic (exact) mass is 1530 g/mol. The molecule has 6 heterocycles. The number of nitrogens with zero attached hydrogens (tertiary/aromatic N) is 4. The number of aromatic nitrogens is 1. The van der Waals surface area contributed by atoms with Crippen molar-refractivity contribution in [3.05, 3.63) is 115 Å². The molecule has 4 aromatic rings. The molecule has 1 aromatic heterocycles. The number of hydrogen-bond donors (Lipinski definition) is 3. The van der Waals surface area contributed by atoms with Gasteiger partial charge in [-0.25, -0.2) is 9.53 Å². The van der Waals surface area contributed by atoms with Crippen molar-refractivity contribution in [1.82, 2.24) is 15.1 Å². The zero-order chi connectivity index (χ0) is 60.6. The van der Waals surface area contributed by atoms with Crippen LogP contribution in [0.25, 0.3) is 11.3 Å². The summed E-state index contributed by atoms with van der Waals surface area (Å²) in [7, 11) is 4.99. The van der Waals surface area contributed by atoms with Crippen molar-refractivity contribution in [2.24, 2.45) is 0 Å². The normalized spacial score (nSPS) is 18.1. The van der Waals surface area contributed by atoms with Crippen molar-refractivity contribution in [3.8, 4) is 28.5 Å². The number of hydroxylamine groups is 3. The van der Waals surface area contributed by atoms with Crippen LogP contribution < -0.4 is 46.9 Å². The van der Waals surface area contributed by atoms with Gasteiger partial charge in [-0.2, -0.15) is 18.9 Å². The molecule has 0 amide bonds. The van der Waals surface area contributed by atoms with Gasteiger partial charge < -0.3 is 72.7 Å². The van der Waals surface area contributed by atoms with Crippen LogP contribution in [0.3, 0.4) is 0 Å². The molecular weight excluding hydrogens is 1450 g/mol. The molecule has 460 valence electrons. The maximum absolute atomic E-state index is 12.4. The summed E-state index contributed by atoms with van der Waals surface area (Å²) in [6.07, 6.45) is 11.5. The van der Waals surface area contributed by atoms with Crippen molar-refractivity contribution >= 4 is 124 Å². The minimum Gasteiger partial charge on any atom is -1.00 e. The molecule has 24 heteroatoms. The molecule has 83 heavy (non-hydrogen) atoms. The number of nitrogens with one attached hydrogen (secondary N) is 1. The molecule has 16 nitrogen and oxygen atoms in total. The molecule has 3 saturated heterocycles. The molecular formula is C59H82Br3Cl3IMgN5O11. The number of benzene rings is 3. The third kappa shape index (κ3) is 21.8. The maximum Gasteiger partial charge on any atom is 2.00 e. The van der Waals surface area contributed by atoms with E-state index in [-0.39, 0.29) is 74.3 Å². The number of ether oxygens (including phenoxy) is 6. The smallest absolute Gasteiger partial charge is 1.00 e. The van der Waals surface area contributed by atoms with Gasteiger partial charge in [0.05, 0.1) is 64.6 Å². The number of pyridine rings is 1. The summed E-state index contributed by atoms with van der Waals surface area (Å²) in [4.78, 5) is 23.9. The SMILES string of the molecule is CC1(C)CC=[N+]1[O-].CC1(C)CCN1.COCCCOc1cc(C2CC(C)(C)N2O)c(Br)cc1Cl.COCCCOc1cc(I)c(Br)cc1Cl.COCCCOc1cc2c(cc1Cl)-c1cc(=O)c(C(=O)O)cn1N1C2CC1(C)C.C[CH-]C.[Br-].[Mg+2]. The van der Waals surface area contributed by atoms with E-state index in [2.05, 4.69) is 92.5 Å². The Labute approximate surface area is 563 Å². The van der Waals surface area contributed by atoms with E-state index in [0.717, 1.165) is 78.2 Å². The van der Waals surface area contributed by atoms with E-state index in [9.17, 15) is 25.1 Å². The second kappa shape index (κ2) is 35.5. The molecule has 0 radical (unpaired) electrons. The van der Waals surface area contributed by atoms with Crippen molar-refractivity contribution in [2.45, 2.75) is 148 Å². The standard InChI is InChI=1S/C21H23ClN2O5.C15H21BrClNO3.C10H11BrClIO2.C5H9NO.C5H11N.C3H7.BrH.Mg/c1-21(2)10-17-13-8-19(29-6-4-5-28-3)15(22)7-12(13)16-9-18(25)14(20(26)27)11-23(16)24(17)21;1-15(2)9-13(18(15)19)10-7-14(12(17)8-11(10)16)21-6-4-5-20-3;1-14-3-2-4-15-10-6-9(13)7(11)5-8(10)12;1-5(2)3-4-6(5)7;1-5(2)3-4-6-5;1-3-2;;/h7-9,11,17H,4-6,10H2,1-3H3,(H,26,27);7-8,13,19H,4-6,9H2,1-3H3;5-6H,2-4H2,1H3;4H,3H2,1-2H3;6H,3-4H2,1-2H3;3H,1-2H3;1H;/q;;;;;-1;;+2/p-1. The number of carbonyl (C=O) groups is 1. The van der Waals surface area contributed by atoms with Crippen molar-refractivity contribution in [2.75, 3.05) is 72.5 Å². The second-order valence-electron chi connectivity index (χ2n) is 22.5. The third-order valence-electron chi connectivity index (χ3n) is 13.8. The Morgan fingerprint density at radius 3 is 1.57 bits per heavy atom. The largest absolute Gasteiger partial charge is 2.00 e. The van der Waals surface area contributed by atoms with E-state index in [1.807, 2.05) is 78.3 Å². The number of aromatic carboxylic acids is 1. The van der Waals surface area contributed by atoms with Crippen molar-refractivity contribution < 1.29 is 65.2 Å². The van der Waals surface area contributed by atoms with Crippen LogP contribution in [-0.2, 0) is 14.2 Å². The van der Waals surface area contributed by atoms with Crippen LogP contribution >= 0.6 is 89.3 Å². The molecule has 9 rings (SSSR count). The summed E-state index contributed by atoms with van der Waals surface area (Å²) in [6.45, 7) is 25.3. The van der Waals surface area contributed by atoms with Gasteiger partial charge in [0, 0.05) is 116 Å². The summed E-state index contributed by atoms with van der Waals surface area (Å²) in [5.41, 5.74) is 2.70. The number of methoxy groups -OCH3 is 3. The number of rotatable bonds is 17. The Balaban J connectivity index is 0.000000382. The second-order valence-corrected chi connectivity index (χ2v) is 26.6. The van der Waals surface area contributed by atoms with Gasteiger partial charge in [-0.3, -0.25) is 14.5 Å². The molecule has 5 aliphatic rings. The Morgan fingerprint density at radius 1 is 0.759 bits per heavy atom. The fourth-order valence-corrected chi connectivity index (χ4v) is 11.2. The van der Waals surface area contributed by atoms with Gasteiger partial charge in [0.15, 0.2) is 17.2 Å². The van der Waals surface area contributed by atoms with E-state index < -0.39 is 11.4 Å². The quantitative estimate of drug-likeness (QED) is 0.0173. The summed E-state index contributed by atoms with van der Waals surface area (Å²) in [5.74, 6) is 0.734. The van der Waals surface area contributed by atoms with Gasteiger partial charge in [-0.15, -0.1) is 0 Å². The number of halogens is 7. The summed E-state index contributed by atoms with van der Waals surface area (Å²) >= 11 is 27.9. The van der Waals surface area contributed by atoms with Gasteiger partial charge >= 0.3 is 29.0 Å². The molecule has 0 aliphatic carbocycles. The first-order chi connectivity index (χ1) is 38.0. The Hall–Kier alpha value is -1.68. The molecule has 5 aliphatic heterocycles. The third-order valence-corrected chi connectivity index (χ3v) is 17.7. The minimum absolute atomic E-state index is 0. The topological polar surface area (TPSA) is 179 Å². The fraction of sp³-hybridized carbons (Fsp3) is 0.559. The molecule has 3 fully saturated rings. The van der Waals surface area contributed by atoms with E-state index in [4.69, 9.17) is 63.2 Å². The zero-order valence-corrected chi connectivity index (χ0v) is 60.6. The van der Waals surface area contributed by atoms with E-state index in [1.165, 1.54) is 30.3 Å². The fourth-order valence-electron chi connectivity index (χ4n) is 8.93. The van der Waals surface area contributed by atoms with E-state index >= 15 is 0 Å². The average molecular weight is 1530 g/mol. The van der Waals surface area contributed by atoms with Crippen LogP contribution in [0.2, 0.25) is 15.1 Å². The number of carboxylic acid groups (broad SMARTS) is 1. The van der Waals surface area contributed by atoms with Crippen LogP contribution in [0.5, 0.6) is 17.2 Å². The predicted octanol–water partition coefficient (Wildman–Crippen LogP) is 11.4. The van der Waals surface area contributed by atoms with Crippen molar-refractivity contribution in [3.63, 3.8) is 0 Å². The van der Waals surface area contributed by atoms with Crippen LogP contribution in [0.1, 0.15) is 148 Å². The van der Waals surface area contributed by atoms with Crippen LogP contribution in [-0.4, -0.2) is 150 Å². The maximum atomic E-state index is 12.4. The van der Waals surface area contributed by atoms with Gasteiger partial charge in [0.25, 0.3) is 0 Å². The summed E-state index contributed by atoms with van der Waals surface area (Å²) in [5, 5.41) is 38.4. The van der Waals surface area contributed by atoms with Gasteiger partial charge in [-0.1, -0.05) is 50.7 Å². The Morgan fingerprint density at radius 2 is 1.19 bits per heavy atom. The summed E-state index contributed by atoms with van der Waals surface area (Å²) < 4.78 is 37.8. The predicted molar refractivity (Wildman–Crippen MR) is 346 cm³/mol. The molecule has 3 N–H and O–H groups in total.